The van der Waals surface area contributed by atoms with Crippen molar-refractivity contribution in [2.24, 2.45) is 17.6 Å². The van der Waals surface area contributed by atoms with Gasteiger partial charge in [0.1, 0.15) is 34.2 Å². The van der Waals surface area contributed by atoms with Crippen LogP contribution in [0.15, 0.2) is 54.9 Å². The molecule has 2 aromatic carbocycles. The number of carbonyl (C=O) groups excluding carboxylic acids is 7. The fraction of sp³-hybridized carbons (Fsp3) is 0.615. The number of aromatic nitrogens is 4. The Labute approximate surface area is 554 Å². The molecule has 0 unspecified atom stereocenters. The SMILES string of the molecule is C[C@@H](O)[C@H](NC(=O)[C@H](C[C@@H](O)CNC=O)NC[C@H]1CC[C@H](c2nnc(-c3ccc(-c4cnc(N5CCC(OC6CCCCC6)CC5)nc4)cc3)s2)CC1)C(=O)N1C[C@H](O)C[C@H]1C(=O)N[C@H](C(=O)N[C@H](C(=O)N1C[C@@H](O)[C@@H](C)C1)[C@H](O)CC(N)=O)[C@H](O)Cc1ccc(O)c(O)c1. The second-order valence-corrected chi connectivity index (χ2v) is 27.2. The Morgan fingerprint density at radius 2 is 1.42 bits per heavy atom. The Bertz CT molecular complexity index is 3230. The largest absolute Gasteiger partial charge is 0.504 e. The second-order valence-electron chi connectivity index (χ2n) is 26.2. The molecule has 5 fully saturated rings. The first-order chi connectivity index (χ1) is 45.5. The lowest BCUT2D eigenvalue weighted by molar-refractivity contribution is -0.145. The minimum Gasteiger partial charge on any atom is -0.504 e. The number of hydrogen-bond donors (Lipinski definition) is 14. The van der Waals surface area contributed by atoms with Gasteiger partial charge in [-0.05, 0) is 100 Å². The van der Waals surface area contributed by atoms with Crippen LogP contribution in [0.1, 0.15) is 120 Å². The van der Waals surface area contributed by atoms with E-state index in [1.165, 1.54) is 45.1 Å². The molecule has 30 heteroatoms. The lowest BCUT2D eigenvalue weighted by Crippen LogP contribution is -2.63. The van der Waals surface area contributed by atoms with Crippen molar-refractivity contribution in [3.63, 3.8) is 0 Å². The third-order valence-corrected chi connectivity index (χ3v) is 20.1. The number of piperidine rings is 1. The van der Waals surface area contributed by atoms with Crippen LogP contribution in [-0.4, -0.2) is 238 Å². The van der Waals surface area contributed by atoms with Gasteiger partial charge >= 0.3 is 0 Å². The van der Waals surface area contributed by atoms with Crippen LogP contribution < -0.4 is 37.2 Å². The van der Waals surface area contributed by atoms with Crippen LogP contribution in [0.2, 0.25) is 0 Å². The Hall–Kier alpha value is -7.55. The van der Waals surface area contributed by atoms with Gasteiger partial charge < -0.3 is 92.6 Å². The predicted octanol–water partition coefficient (Wildman–Crippen LogP) is -0.404. The summed E-state index contributed by atoms with van der Waals surface area (Å²) in [5, 5.41) is 110. The first-order valence-corrected chi connectivity index (χ1v) is 33.8. The maximum atomic E-state index is 14.6. The average Bonchev–Trinajstić information content (AvgIpc) is 1.94. The van der Waals surface area contributed by atoms with Gasteiger partial charge in [0.25, 0.3) is 0 Å². The van der Waals surface area contributed by atoms with E-state index < -0.39 is 146 Å². The Balaban J connectivity index is 0.807. The van der Waals surface area contributed by atoms with Crippen molar-refractivity contribution in [3.05, 3.63) is 65.4 Å². The monoisotopic (exact) mass is 1340 g/mol. The molecule has 2 saturated carbocycles. The number of aliphatic hydroxyl groups is 6. The summed E-state index contributed by atoms with van der Waals surface area (Å²) in [6.07, 6.45) is 4.89. The summed E-state index contributed by atoms with van der Waals surface area (Å²) >= 11 is 1.54. The molecule has 7 amide bonds. The number of primary amides is 1. The van der Waals surface area contributed by atoms with Crippen molar-refractivity contribution in [2.45, 2.75) is 195 Å². The van der Waals surface area contributed by atoms with Crippen molar-refractivity contribution >= 4 is 59.1 Å². The third-order valence-electron chi connectivity index (χ3n) is 18.9. The molecular formula is C65H91N13O16S. The zero-order chi connectivity index (χ0) is 68.0. The standard InChI is InChI=1S/C65H91N13O16S/c1-35-31-77(33-53(35)87)63(92)57(52(86)26-54(66)88)73-60(91)56(51(85)23-38-10-17-49(83)50(84)22-38)72-59(90)48-25-44(82)32-78(48)64(93)55(36(2)80)71-58(89)47(24-43(81)30-67-34-79)68-27-37-8-11-40(12-9-37)61-74-75-62(95-61)41-15-13-39(14-16-41)42-28-69-65(70-29-42)76-20-18-46(19-21-76)94-45-6-4-3-5-7-45/h10,13-17,22,28-29,34-37,40,43-48,51-53,55-57,68,80-87H,3-9,11-12,18-21,23-27,30-33H2,1-2H3,(H2,66,88)(H,67,79)(H,71,89)(H,72,90)(H,73,91)/t35-,36+,37-,40-,43+,44+,47-,48-,51+,52+,53+,55-,56-,57-/m0/s1. The molecule has 15 N–H and O–H groups in total. The molecule has 5 heterocycles. The summed E-state index contributed by atoms with van der Waals surface area (Å²) in [5.74, 6) is -6.84. The smallest absolute Gasteiger partial charge is 0.248 e. The number of nitrogens with two attached hydrogens (primary N) is 1. The number of likely N-dealkylation sites (tertiary alicyclic amines) is 2. The van der Waals surface area contributed by atoms with E-state index in [0.717, 1.165) is 106 Å². The number of phenolic OH excluding ortho intramolecular Hbond substituents is 2. The highest BCUT2D eigenvalue weighted by Crippen LogP contribution is 2.39. The normalized spacial score (nSPS) is 23.7. The molecule has 0 bridgehead atoms. The summed E-state index contributed by atoms with van der Waals surface area (Å²) in [6, 6.07) is 3.02. The zero-order valence-electron chi connectivity index (χ0n) is 53.5. The van der Waals surface area contributed by atoms with Crippen LogP contribution >= 0.6 is 11.3 Å². The van der Waals surface area contributed by atoms with E-state index in [0.29, 0.717) is 25.2 Å². The summed E-state index contributed by atoms with van der Waals surface area (Å²) in [4.78, 5) is 109. The molecule has 5 aliphatic rings. The molecule has 29 nitrogen and oxygen atoms in total. The molecule has 12 atom stereocenters. The number of phenols is 2. The third kappa shape index (κ3) is 19.1. The van der Waals surface area contributed by atoms with Crippen molar-refractivity contribution < 1.29 is 79.2 Å². The van der Waals surface area contributed by atoms with E-state index in [9.17, 15) is 74.4 Å². The minimum absolute atomic E-state index is 0.00210. The number of nitrogens with one attached hydrogen (secondary N) is 5. The van der Waals surface area contributed by atoms with Gasteiger partial charge in [0.15, 0.2) is 11.5 Å². The van der Waals surface area contributed by atoms with Crippen LogP contribution in [0.5, 0.6) is 11.5 Å². The quantitative estimate of drug-likeness (QED) is 0.0243. The number of carbonyl (C=O) groups is 7. The van der Waals surface area contributed by atoms with Crippen molar-refractivity contribution in [1.29, 1.82) is 0 Å². The van der Waals surface area contributed by atoms with E-state index >= 15 is 0 Å². The molecular weight excluding hydrogens is 1250 g/mol. The van der Waals surface area contributed by atoms with Gasteiger partial charge in [-0.2, -0.15) is 0 Å². The molecule has 3 aliphatic heterocycles. The number of rotatable bonds is 29. The molecule has 2 aromatic heterocycles. The maximum Gasteiger partial charge on any atom is 0.248 e. The van der Waals surface area contributed by atoms with Gasteiger partial charge in [-0.3, -0.25) is 33.6 Å². The van der Waals surface area contributed by atoms with Crippen LogP contribution in [-0.2, 0) is 44.7 Å². The van der Waals surface area contributed by atoms with E-state index in [2.05, 4.69) is 41.7 Å². The van der Waals surface area contributed by atoms with Crippen molar-refractivity contribution in [1.82, 2.24) is 56.5 Å². The number of benzene rings is 2. The lowest BCUT2D eigenvalue weighted by atomic mass is 9.82. The Kier molecular flexibility index (Phi) is 25.2. The van der Waals surface area contributed by atoms with Crippen LogP contribution in [0.25, 0.3) is 21.7 Å². The number of β-amino-alcohol motifs (C(OH)–C–C–N with tert-alkyl or cyclic N) is 2. The van der Waals surface area contributed by atoms with E-state index in [4.69, 9.17) is 20.4 Å². The van der Waals surface area contributed by atoms with Crippen molar-refractivity contribution in [3.8, 4) is 33.2 Å². The fourth-order valence-electron chi connectivity index (χ4n) is 13.3. The number of ether oxygens (including phenoxy) is 1. The van der Waals surface area contributed by atoms with Gasteiger partial charge in [-0.1, -0.05) is 67.9 Å². The maximum absolute atomic E-state index is 14.6. The molecule has 95 heavy (non-hydrogen) atoms. The first kappa shape index (κ1) is 71.7. The predicted molar refractivity (Wildman–Crippen MR) is 345 cm³/mol. The summed E-state index contributed by atoms with van der Waals surface area (Å²) in [6.45, 7) is 3.99. The number of nitrogens with zero attached hydrogens (tertiary/aromatic N) is 7. The zero-order valence-corrected chi connectivity index (χ0v) is 54.3. The minimum atomic E-state index is -2.05. The molecule has 2 aliphatic carbocycles. The van der Waals surface area contributed by atoms with Gasteiger partial charge in [0, 0.05) is 87.5 Å². The van der Waals surface area contributed by atoms with Gasteiger partial charge in [-0.25, -0.2) is 9.97 Å². The van der Waals surface area contributed by atoms with E-state index in [1.807, 2.05) is 36.7 Å². The van der Waals surface area contributed by atoms with Crippen LogP contribution in [0.4, 0.5) is 5.95 Å². The molecule has 9 rings (SSSR count). The average molecular weight is 1340 g/mol. The molecule has 3 saturated heterocycles. The van der Waals surface area contributed by atoms with Gasteiger partial charge in [0.05, 0.1) is 61.3 Å². The summed E-state index contributed by atoms with van der Waals surface area (Å²) in [7, 11) is 0. The van der Waals surface area contributed by atoms with Crippen molar-refractivity contribution in [2.75, 3.05) is 50.7 Å². The fourth-order valence-corrected chi connectivity index (χ4v) is 14.4. The highest BCUT2D eigenvalue weighted by Gasteiger charge is 2.46. The highest BCUT2D eigenvalue weighted by atomic mass is 32.1. The van der Waals surface area contributed by atoms with Crippen LogP contribution in [0, 0.1) is 11.8 Å². The second kappa shape index (κ2) is 33.4. The van der Waals surface area contributed by atoms with E-state index in [-0.39, 0.29) is 43.5 Å². The van der Waals surface area contributed by atoms with Gasteiger partial charge in [-0.15, -0.1) is 10.2 Å². The number of aliphatic hydroxyl groups excluding tert-OH is 6. The number of hydrogen-bond acceptors (Lipinski definition) is 23. The molecule has 0 spiro atoms. The molecule has 518 valence electrons. The topological polar surface area (TPSA) is 438 Å². The van der Waals surface area contributed by atoms with Gasteiger partial charge in [0.2, 0.25) is 47.8 Å². The van der Waals surface area contributed by atoms with E-state index in [1.54, 1.807) is 18.3 Å². The number of amides is 7. The Morgan fingerprint density at radius 1 is 0.747 bits per heavy atom. The highest BCUT2D eigenvalue weighted by molar-refractivity contribution is 7.14. The summed E-state index contributed by atoms with van der Waals surface area (Å²) < 4.78 is 6.43. The lowest BCUT2D eigenvalue weighted by Gasteiger charge is -2.34. The molecule has 4 aromatic rings. The number of anilines is 1. The number of aromatic hydroxyl groups is 2. The first-order valence-electron chi connectivity index (χ1n) is 33.0. The van der Waals surface area contributed by atoms with Crippen LogP contribution in [0.3, 0.4) is 0 Å². The Morgan fingerprint density at radius 3 is 2.06 bits per heavy atom. The molecule has 0 radical (unpaired) electrons. The summed E-state index contributed by atoms with van der Waals surface area (Å²) in [5.41, 5.74) is 8.30.